The van der Waals surface area contributed by atoms with E-state index in [9.17, 15) is 9.59 Å². The minimum Gasteiger partial charge on any atom is -0.497 e. The van der Waals surface area contributed by atoms with Crippen LogP contribution in [0.4, 0.5) is 0 Å². The Labute approximate surface area is 130 Å². The molecule has 0 unspecified atom stereocenters. The van der Waals surface area contributed by atoms with E-state index in [1.54, 1.807) is 25.3 Å². The highest BCUT2D eigenvalue weighted by atomic mass is 79.9. The molecule has 2 aromatic rings. The summed E-state index contributed by atoms with van der Waals surface area (Å²) in [6.45, 7) is 0.258. The van der Waals surface area contributed by atoms with Gasteiger partial charge in [-0.05, 0) is 35.9 Å². The summed E-state index contributed by atoms with van der Waals surface area (Å²) in [5.74, 6) is 0.232. The van der Waals surface area contributed by atoms with Crippen LogP contribution in [0.25, 0.3) is 0 Å². The fraction of sp³-hybridized carbons (Fsp3) is 0.125. The van der Waals surface area contributed by atoms with E-state index in [-0.39, 0.29) is 18.4 Å². The Hall–Kier alpha value is -2.14. The van der Waals surface area contributed by atoms with Crippen LogP contribution in [0.1, 0.15) is 26.3 Å². The Morgan fingerprint density at radius 2 is 1.67 bits per heavy atom. The Balaban J connectivity index is 1.87. The van der Waals surface area contributed by atoms with E-state index < -0.39 is 0 Å². The molecular formula is C16H12BrNO3. The predicted octanol–water partition coefficient (Wildman–Crippen LogP) is 3.25. The molecule has 0 saturated carbocycles. The molecule has 21 heavy (non-hydrogen) atoms. The quantitative estimate of drug-likeness (QED) is 0.802. The van der Waals surface area contributed by atoms with Crippen molar-refractivity contribution >= 4 is 27.7 Å². The Morgan fingerprint density at radius 1 is 1.00 bits per heavy atom. The molecule has 0 aliphatic carbocycles. The first-order valence-electron chi connectivity index (χ1n) is 6.39. The molecule has 1 aliphatic rings. The van der Waals surface area contributed by atoms with E-state index in [2.05, 4.69) is 15.9 Å². The Kier molecular flexibility index (Phi) is 3.51. The van der Waals surface area contributed by atoms with E-state index in [0.29, 0.717) is 11.1 Å². The number of amides is 2. The summed E-state index contributed by atoms with van der Waals surface area (Å²) in [5, 5.41) is 0. The molecule has 0 saturated heterocycles. The molecule has 0 radical (unpaired) electrons. The fourth-order valence-corrected chi connectivity index (χ4v) is 2.68. The van der Waals surface area contributed by atoms with Gasteiger partial charge in [0.1, 0.15) is 5.75 Å². The SMILES string of the molecule is COc1ccc(CN2C(=O)c3ccc(Br)cc3C2=O)cc1. The van der Waals surface area contributed by atoms with Gasteiger partial charge in [0.25, 0.3) is 11.8 Å². The zero-order valence-corrected chi connectivity index (χ0v) is 12.9. The van der Waals surface area contributed by atoms with Gasteiger partial charge in [-0.3, -0.25) is 14.5 Å². The standard InChI is InChI=1S/C16H12BrNO3/c1-21-12-5-2-10(3-6-12)9-18-15(19)13-7-4-11(17)8-14(13)16(18)20/h2-8H,9H2,1H3. The van der Waals surface area contributed by atoms with Gasteiger partial charge in [-0.25, -0.2) is 0 Å². The van der Waals surface area contributed by atoms with Crippen LogP contribution < -0.4 is 4.74 Å². The molecule has 2 amide bonds. The number of methoxy groups -OCH3 is 1. The number of halogens is 1. The summed E-state index contributed by atoms with van der Waals surface area (Å²) in [5.41, 5.74) is 1.78. The minimum absolute atomic E-state index is 0.252. The number of carbonyl (C=O) groups excluding carboxylic acids is 2. The Morgan fingerprint density at radius 3 is 2.33 bits per heavy atom. The number of rotatable bonds is 3. The number of benzene rings is 2. The highest BCUT2D eigenvalue weighted by molar-refractivity contribution is 9.10. The highest BCUT2D eigenvalue weighted by Gasteiger charge is 2.35. The van der Waals surface area contributed by atoms with Crippen LogP contribution in [0.2, 0.25) is 0 Å². The first kappa shape index (κ1) is 13.8. The summed E-state index contributed by atoms with van der Waals surface area (Å²) in [6.07, 6.45) is 0. The molecule has 1 aliphatic heterocycles. The third-order valence-corrected chi connectivity index (χ3v) is 3.93. The molecule has 0 N–H and O–H groups in total. The Bertz CT molecular complexity index is 725. The van der Waals surface area contributed by atoms with E-state index >= 15 is 0 Å². The van der Waals surface area contributed by atoms with Gasteiger partial charge in [-0.1, -0.05) is 28.1 Å². The molecule has 5 heteroatoms. The maximum absolute atomic E-state index is 12.3. The van der Waals surface area contributed by atoms with E-state index in [4.69, 9.17) is 4.74 Å². The first-order valence-corrected chi connectivity index (χ1v) is 7.18. The van der Waals surface area contributed by atoms with Crippen LogP contribution in [-0.2, 0) is 6.54 Å². The van der Waals surface area contributed by atoms with Gasteiger partial charge in [0.2, 0.25) is 0 Å². The summed E-state index contributed by atoms with van der Waals surface area (Å²) < 4.78 is 5.88. The first-order chi connectivity index (χ1) is 10.1. The number of hydrogen-bond acceptors (Lipinski definition) is 3. The maximum atomic E-state index is 12.3. The molecule has 0 aromatic heterocycles. The summed E-state index contributed by atoms with van der Waals surface area (Å²) in [4.78, 5) is 25.9. The van der Waals surface area contributed by atoms with Gasteiger partial charge in [0.15, 0.2) is 0 Å². The van der Waals surface area contributed by atoms with Crippen molar-refractivity contribution in [3.8, 4) is 5.75 Å². The van der Waals surface area contributed by atoms with Crippen molar-refractivity contribution in [2.24, 2.45) is 0 Å². The van der Waals surface area contributed by atoms with Gasteiger partial charge in [-0.2, -0.15) is 0 Å². The molecule has 3 rings (SSSR count). The summed E-state index contributed by atoms with van der Waals surface area (Å²) in [7, 11) is 1.59. The van der Waals surface area contributed by atoms with Gasteiger partial charge in [0, 0.05) is 4.47 Å². The number of ether oxygens (including phenoxy) is 1. The maximum Gasteiger partial charge on any atom is 0.261 e. The number of imide groups is 1. The zero-order valence-electron chi connectivity index (χ0n) is 11.3. The van der Waals surface area contributed by atoms with E-state index in [1.807, 2.05) is 24.3 Å². The van der Waals surface area contributed by atoms with E-state index in [0.717, 1.165) is 15.8 Å². The van der Waals surface area contributed by atoms with Crippen molar-refractivity contribution in [3.63, 3.8) is 0 Å². The second-order valence-corrected chi connectivity index (χ2v) is 5.65. The van der Waals surface area contributed by atoms with Crippen molar-refractivity contribution in [1.82, 2.24) is 4.90 Å². The number of carbonyl (C=O) groups is 2. The zero-order chi connectivity index (χ0) is 15.0. The van der Waals surface area contributed by atoms with Gasteiger partial charge in [-0.15, -0.1) is 0 Å². The summed E-state index contributed by atoms with van der Waals surface area (Å²) >= 11 is 3.32. The van der Waals surface area contributed by atoms with Crippen LogP contribution >= 0.6 is 15.9 Å². The van der Waals surface area contributed by atoms with Crippen LogP contribution in [0, 0.1) is 0 Å². The second-order valence-electron chi connectivity index (χ2n) is 4.73. The third kappa shape index (κ3) is 2.45. The molecule has 0 fully saturated rings. The monoisotopic (exact) mass is 345 g/mol. The van der Waals surface area contributed by atoms with Gasteiger partial charge in [0.05, 0.1) is 24.8 Å². The smallest absolute Gasteiger partial charge is 0.261 e. The normalized spacial score (nSPS) is 13.5. The average Bonchev–Trinajstić information content (AvgIpc) is 2.73. The molecule has 106 valence electrons. The predicted molar refractivity (Wildman–Crippen MR) is 81.3 cm³/mol. The van der Waals surface area contributed by atoms with Crippen molar-refractivity contribution < 1.29 is 14.3 Å². The number of nitrogens with zero attached hydrogens (tertiary/aromatic N) is 1. The summed E-state index contributed by atoms with van der Waals surface area (Å²) in [6, 6.07) is 12.4. The van der Waals surface area contributed by atoms with Crippen LogP contribution in [0.15, 0.2) is 46.9 Å². The van der Waals surface area contributed by atoms with Crippen molar-refractivity contribution in [1.29, 1.82) is 0 Å². The van der Waals surface area contributed by atoms with Crippen LogP contribution in [0.5, 0.6) is 5.75 Å². The largest absolute Gasteiger partial charge is 0.497 e. The molecule has 0 atom stereocenters. The number of hydrogen-bond donors (Lipinski definition) is 0. The fourth-order valence-electron chi connectivity index (χ4n) is 2.32. The van der Waals surface area contributed by atoms with Gasteiger partial charge < -0.3 is 4.74 Å². The lowest BCUT2D eigenvalue weighted by Crippen LogP contribution is -2.29. The minimum atomic E-state index is -0.257. The van der Waals surface area contributed by atoms with Crippen molar-refractivity contribution in [2.45, 2.75) is 6.54 Å². The highest BCUT2D eigenvalue weighted by Crippen LogP contribution is 2.27. The third-order valence-electron chi connectivity index (χ3n) is 3.43. The van der Waals surface area contributed by atoms with Crippen molar-refractivity contribution in [2.75, 3.05) is 7.11 Å². The molecular weight excluding hydrogens is 334 g/mol. The van der Waals surface area contributed by atoms with E-state index in [1.165, 1.54) is 4.90 Å². The second kappa shape index (κ2) is 5.33. The van der Waals surface area contributed by atoms with Crippen LogP contribution in [0.3, 0.4) is 0 Å². The molecule has 1 heterocycles. The van der Waals surface area contributed by atoms with Crippen LogP contribution in [-0.4, -0.2) is 23.8 Å². The lowest BCUT2D eigenvalue weighted by Gasteiger charge is -2.14. The lowest BCUT2D eigenvalue weighted by molar-refractivity contribution is 0.0642. The average molecular weight is 346 g/mol. The number of fused-ring (bicyclic) bond motifs is 1. The molecule has 0 bridgehead atoms. The van der Waals surface area contributed by atoms with Crippen molar-refractivity contribution in [3.05, 3.63) is 63.6 Å². The molecule has 2 aromatic carbocycles. The lowest BCUT2D eigenvalue weighted by atomic mass is 10.1. The molecule has 4 nitrogen and oxygen atoms in total. The topological polar surface area (TPSA) is 46.6 Å². The molecule has 0 spiro atoms. The van der Waals surface area contributed by atoms with Gasteiger partial charge >= 0.3 is 0 Å².